The summed E-state index contributed by atoms with van der Waals surface area (Å²) in [6.07, 6.45) is 13.7. The van der Waals surface area contributed by atoms with Crippen molar-refractivity contribution in [3.63, 3.8) is 0 Å². The predicted molar refractivity (Wildman–Crippen MR) is 241 cm³/mol. The van der Waals surface area contributed by atoms with Crippen LogP contribution in [0.3, 0.4) is 0 Å². The molecule has 20 nitrogen and oxygen atoms in total. The van der Waals surface area contributed by atoms with E-state index >= 15 is 0 Å². The lowest BCUT2D eigenvalue weighted by atomic mass is 9.99. The maximum Gasteiger partial charge on any atom is 0.216 e. The zero-order chi connectivity index (χ0) is 46.3. The minimum atomic E-state index is -3.28. The van der Waals surface area contributed by atoms with Crippen LogP contribution in [-0.4, -0.2) is 131 Å². The van der Waals surface area contributed by atoms with Crippen LogP contribution >= 0.6 is 0 Å². The second kappa shape index (κ2) is 18.1. The highest BCUT2D eigenvalue weighted by atomic mass is 32.2. The van der Waals surface area contributed by atoms with Crippen LogP contribution in [0.15, 0.2) is 73.6 Å². The molecule has 24 heteroatoms. The van der Waals surface area contributed by atoms with E-state index in [1.807, 2.05) is 39.5 Å². The van der Waals surface area contributed by atoms with Crippen LogP contribution in [0.2, 0.25) is 0 Å². The van der Waals surface area contributed by atoms with Gasteiger partial charge in [-0.25, -0.2) is 80.5 Å². The summed E-state index contributed by atoms with van der Waals surface area (Å²) in [5.74, 6) is 2.49. The van der Waals surface area contributed by atoms with E-state index in [9.17, 15) is 25.6 Å². The van der Waals surface area contributed by atoms with Gasteiger partial charge in [0.15, 0.2) is 23.3 Å². The third-order valence-electron chi connectivity index (χ3n) is 11.7. The zero-order valence-corrected chi connectivity index (χ0v) is 38.0. The zero-order valence-electron chi connectivity index (χ0n) is 36.4. The third kappa shape index (κ3) is 10.00. The van der Waals surface area contributed by atoms with Crippen molar-refractivity contribution in [2.45, 2.75) is 50.9 Å². The monoisotopic (exact) mass is 940 g/mol. The maximum absolute atomic E-state index is 14.5. The molecule has 10 heterocycles. The topological polar surface area (TPSA) is 234 Å². The first kappa shape index (κ1) is 44.7. The molecule has 6 aromatic heterocycles. The van der Waals surface area contributed by atoms with Gasteiger partial charge < -0.3 is 19.6 Å². The molecule has 4 aliphatic heterocycles. The van der Waals surface area contributed by atoms with Gasteiger partial charge in [0.2, 0.25) is 26.0 Å². The molecule has 2 N–H and O–H groups in total. The van der Waals surface area contributed by atoms with Gasteiger partial charge in [0, 0.05) is 130 Å². The van der Waals surface area contributed by atoms with Gasteiger partial charge in [-0.15, -0.1) is 0 Å². The fraction of sp³-hybridized carbons (Fsp3) is 0.381. The Kier molecular flexibility index (Phi) is 12.2. The largest absolute Gasteiger partial charge is 0.368 e. The molecule has 6 aromatic rings. The highest BCUT2D eigenvalue weighted by Gasteiger charge is 2.34. The normalized spacial score (nSPS) is 18.7. The van der Waals surface area contributed by atoms with Crippen LogP contribution in [0.1, 0.15) is 48.4 Å². The summed E-state index contributed by atoms with van der Waals surface area (Å²) >= 11 is 0. The second-order valence-corrected chi connectivity index (χ2v) is 20.1. The lowest BCUT2D eigenvalue weighted by Gasteiger charge is -2.41. The van der Waals surface area contributed by atoms with Gasteiger partial charge in [0.05, 0.1) is 48.1 Å². The average molecular weight is 941 g/mol. The predicted octanol–water partition coefficient (Wildman–Crippen LogP) is 2.66. The van der Waals surface area contributed by atoms with Crippen molar-refractivity contribution in [3.05, 3.63) is 108 Å². The first-order valence-corrected chi connectivity index (χ1v) is 24.9. The number of aromatic nitrogens is 10. The van der Waals surface area contributed by atoms with Crippen molar-refractivity contribution in [1.29, 1.82) is 0 Å². The molecule has 0 spiro atoms. The molecule has 66 heavy (non-hydrogen) atoms. The third-order valence-corrected chi connectivity index (χ3v) is 13.2. The Morgan fingerprint density at radius 3 is 1.50 bits per heavy atom. The number of anilines is 4. The molecule has 4 aliphatic rings. The molecule has 0 bridgehead atoms. The van der Waals surface area contributed by atoms with Crippen molar-refractivity contribution in [2.75, 3.05) is 71.4 Å². The number of nitrogens with one attached hydrogen (secondary N) is 2. The Balaban J connectivity index is 0.000000166. The summed E-state index contributed by atoms with van der Waals surface area (Å²) < 4.78 is 79.7. The fourth-order valence-corrected chi connectivity index (χ4v) is 10.00. The maximum atomic E-state index is 14.5. The van der Waals surface area contributed by atoms with Crippen LogP contribution in [0.25, 0.3) is 23.3 Å². The van der Waals surface area contributed by atoms with Crippen LogP contribution in [0, 0.1) is 11.8 Å². The molecular formula is C42H46F2N16O4S2. The number of rotatable bonds is 10. The summed E-state index contributed by atoms with van der Waals surface area (Å²) in [7, 11) is -6.55. The van der Waals surface area contributed by atoms with Gasteiger partial charge in [0.1, 0.15) is 23.3 Å². The highest BCUT2D eigenvalue weighted by Crippen LogP contribution is 2.36. The average Bonchev–Trinajstić information content (AvgIpc) is 3.25. The number of hydrogen-bond donors (Lipinski definition) is 2. The van der Waals surface area contributed by atoms with Crippen molar-refractivity contribution in [3.8, 4) is 23.3 Å². The van der Waals surface area contributed by atoms with E-state index < -0.39 is 26.0 Å². The van der Waals surface area contributed by atoms with Gasteiger partial charge in [0.25, 0.3) is 0 Å². The van der Waals surface area contributed by atoms with Crippen molar-refractivity contribution >= 4 is 43.2 Å². The Hall–Kier alpha value is -6.50. The lowest BCUT2D eigenvalue weighted by Crippen LogP contribution is -2.59. The summed E-state index contributed by atoms with van der Waals surface area (Å²) in [5.41, 5.74) is 4.43. The lowest BCUT2D eigenvalue weighted by molar-refractivity contribution is 0.466. The molecule has 2 atom stereocenters. The van der Waals surface area contributed by atoms with E-state index in [-0.39, 0.29) is 30.0 Å². The van der Waals surface area contributed by atoms with Crippen LogP contribution in [0.5, 0.6) is 0 Å². The molecule has 2 unspecified atom stereocenters. The first-order chi connectivity index (χ1) is 31.5. The van der Waals surface area contributed by atoms with Gasteiger partial charge in [-0.1, -0.05) is 0 Å². The Bertz CT molecular complexity index is 2770. The van der Waals surface area contributed by atoms with Gasteiger partial charge in [-0.3, -0.25) is 0 Å². The van der Waals surface area contributed by atoms with Gasteiger partial charge in [-0.2, -0.15) is 4.39 Å². The number of fused-ring (bicyclic) bond motifs is 2. The molecule has 2 saturated heterocycles. The Morgan fingerprint density at radius 1 is 0.561 bits per heavy atom. The van der Waals surface area contributed by atoms with Crippen molar-refractivity contribution in [2.24, 2.45) is 0 Å². The van der Waals surface area contributed by atoms with E-state index in [2.05, 4.69) is 59.3 Å². The van der Waals surface area contributed by atoms with E-state index in [1.54, 1.807) is 49.3 Å². The number of pyridine rings is 2. The highest BCUT2D eigenvalue weighted by molar-refractivity contribution is 7.89. The number of nitrogens with zero attached hydrogens (tertiary/aromatic N) is 14. The van der Waals surface area contributed by atoms with E-state index in [0.29, 0.717) is 98.5 Å². The molecule has 0 radical (unpaired) electrons. The summed E-state index contributed by atoms with van der Waals surface area (Å²) in [4.78, 5) is 51.7. The Morgan fingerprint density at radius 2 is 1.02 bits per heavy atom. The number of halogens is 2. The minimum Gasteiger partial charge on any atom is -0.368 e. The molecule has 0 aliphatic carbocycles. The summed E-state index contributed by atoms with van der Waals surface area (Å²) in [6.45, 7) is 7.12. The number of sulfonamides is 2. The van der Waals surface area contributed by atoms with Crippen LogP contribution in [-0.2, 0) is 32.9 Å². The molecular weight excluding hydrogens is 895 g/mol. The fourth-order valence-electron chi connectivity index (χ4n) is 8.49. The van der Waals surface area contributed by atoms with Gasteiger partial charge in [-0.05, 0) is 26.0 Å². The molecule has 10 rings (SSSR count). The summed E-state index contributed by atoms with van der Waals surface area (Å²) in [5, 5.41) is 0. The molecule has 2 fully saturated rings. The SMILES string of the molecule is CC1c2cnc(-c3ncccn3)nc2CCN1c1cc(F)cc(N2CC(NS(C)(=O)=O)C2)n1.CC1c2cnc(-c3ncccn3)nc2CCN1c1cc(N2CC(NS(C)(=O)=O)C2)cc(F)n1. The molecule has 0 amide bonds. The Labute approximate surface area is 380 Å². The molecule has 0 aromatic carbocycles. The number of hydrogen-bond acceptors (Lipinski definition) is 18. The van der Waals surface area contributed by atoms with E-state index in [4.69, 9.17) is 0 Å². The standard InChI is InChI=1S/2C21H23FN8O2S/c1-13-16-10-25-21(20-23-5-3-6-24-20)26-17(16)4-7-30(13)19-9-15(8-18(22)27-19)29-11-14(12-29)28-33(2,31)32;1-13-16-10-25-21(20-23-5-3-6-24-20)26-17(16)4-7-30(13)19-9-14(22)8-18(27-19)29-11-15(12-29)28-33(2,31)32/h3,5-6,8-10,13-14,28H,4,7,11-12H2,1-2H3;3,5-6,8-10,13,15,28H,4,7,11-12H2,1-2H3. The van der Waals surface area contributed by atoms with Crippen molar-refractivity contribution in [1.82, 2.24) is 59.3 Å². The van der Waals surface area contributed by atoms with Crippen LogP contribution in [0.4, 0.5) is 31.9 Å². The first-order valence-electron chi connectivity index (χ1n) is 21.1. The van der Waals surface area contributed by atoms with E-state index in [0.717, 1.165) is 35.0 Å². The second-order valence-electron chi connectivity index (χ2n) is 16.6. The van der Waals surface area contributed by atoms with Gasteiger partial charge >= 0.3 is 0 Å². The van der Waals surface area contributed by atoms with Crippen molar-refractivity contribution < 1.29 is 25.6 Å². The quantitative estimate of drug-likeness (QED) is 0.188. The summed E-state index contributed by atoms with van der Waals surface area (Å²) in [6, 6.07) is 8.91. The van der Waals surface area contributed by atoms with E-state index in [1.165, 1.54) is 18.2 Å². The van der Waals surface area contributed by atoms with Crippen LogP contribution < -0.4 is 29.0 Å². The smallest absolute Gasteiger partial charge is 0.216 e. The molecule has 344 valence electrons. The minimum absolute atomic E-state index is 0.0994. The molecule has 0 saturated carbocycles.